The van der Waals surface area contributed by atoms with Crippen LogP contribution in [0, 0.1) is 5.82 Å². The van der Waals surface area contributed by atoms with E-state index in [1.165, 1.54) is 12.1 Å². The van der Waals surface area contributed by atoms with Crippen molar-refractivity contribution in [3.63, 3.8) is 0 Å². The van der Waals surface area contributed by atoms with Crippen LogP contribution in [0.1, 0.15) is 12.6 Å². The zero-order valence-electron chi connectivity index (χ0n) is 10.1. The van der Waals surface area contributed by atoms with Gasteiger partial charge in [0.1, 0.15) is 5.82 Å². The summed E-state index contributed by atoms with van der Waals surface area (Å²) in [6.07, 6.45) is -6.73. The summed E-state index contributed by atoms with van der Waals surface area (Å²) in [5.41, 5.74) is 0.880. The number of aliphatic hydroxyl groups is 1. The van der Waals surface area contributed by atoms with Gasteiger partial charge in [-0.25, -0.2) is 4.39 Å². The number of rotatable bonds is 3. The fraction of sp³-hybridized carbons (Fsp3) is 0.417. The van der Waals surface area contributed by atoms with Crippen molar-refractivity contribution >= 4 is 10.9 Å². The Kier molecular flexibility index (Phi) is 3.49. The van der Waals surface area contributed by atoms with Crippen LogP contribution in [0.4, 0.5) is 17.6 Å². The van der Waals surface area contributed by atoms with Gasteiger partial charge in [-0.15, -0.1) is 0 Å². The van der Waals surface area contributed by atoms with E-state index >= 15 is 0 Å². The summed E-state index contributed by atoms with van der Waals surface area (Å²) in [5, 5.41) is 13.5. The molecule has 0 saturated carbocycles. The molecule has 0 bridgehead atoms. The summed E-state index contributed by atoms with van der Waals surface area (Å²) in [7, 11) is 0. The number of alkyl halides is 3. The molecule has 0 aliphatic rings. The van der Waals surface area contributed by atoms with Gasteiger partial charge in [-0.05, 0) is 24.6 Å². The number of nitrogens with zero attached hydrogens (tertiary/aromatic N) is 2. The topological polar surface area (TPSA) is 38.0 Å². The quantitative estimate of drug-likeness (QED) is 0.875. The van der Waals surface area contributed by atoms with Crippen LogP contribution in [-0.4, -0.2) is 27.2 Å². The maximum absolute atomic E-state index is 13.1. The molecule has 7 heteroatoms. The van der Waals surface area contributed by atoms with Gasteiger partial charge >= 0.3 is 6.18 Å². The van der Waals surface area contributed by atoms with Crippen molar-refractivity contribution in [3.8, 4) is 0 Å². The number of aliphatic hydroxyl groups excluding tert-OH is 1. The molecule has 0 amide bonds. The standard InChI is InChI=1S/C12H12F4N2O/c1-2-9-8-5-7(13)3-4-10(8)18(17-9)6-11(19)12(14,15)16/h3-5,11,19H,2,6H2,1H3. The minimum atomic E-state index is -4.70. The maximum Gasteiger partial charge on any atom is 0.416 e. The zero-order valence-corrected chi connectivity index (χ0v) is 10.1. The Morgan fingerprint density at radius 2 is 2.05 bits per heavy atom. The monoisotopic (exact) mass is 276 g/mol. The molecule has 0 saturated heterocycles. The van der Waals surface area contributed by atoms with Crippen LogP contribution in [0.15, 0.2) is 18.2 Å². The molecule has 0 spiro atoms. The van der Waals surface area contributed by atoms with Gasteiger partial charge in [0.2, 0.25) is 0 Å². The number of aromatic nitrogens is 2. The predicted octanol–water partition coefficient (Wildman–Crippen LogP) is 2.66. The van der Waals surface area contributed by atoms with E-state index in [1.54, 1.807) is 6.92 Å². The highest BCUT2D eigenvalue weighted by atomic mass is 19.4. The van der Waals surface area contributed by atoms with Gasteiger partial charge in [-0.2, -0.15) is 18.3 Å². The molecule has 1 atom stereocenters. The molecule has 2 aromatic rings. The summed E-state index contributed by atoms with van der Waals surface area (Å²) in [6, 6.07) is 3.75. The molecule has 3 nitrogen and oxygen atoms in total. The van der Waals surface area contributed by atoms with Crippen molar-refractivity contribution in [1.29, 1.82) is 0 Å². The van der Waals surface area contributed by atoms with Gasteiger partial charge < -0.3 is 5.11 Å². The largest absolute Gasteiger partial charge is 0.416 e. The van der Waals surface area contributed by atoms with Crippen molar-refractivity contribution in [1.82, 2.24) is 9.78 Å². The lowest BCUT2D eigenvalue weighted by atomic mass is 10.2. The fourth-order valence-electron chi connectivity index (χ4n) is 1.89. The van der Waals surface area contributed by atoms with Crippen LogP contribution in [0.25, 0.3) is 10.9 Å². The third-order valence-corrected chi connectivity index (χ3v) is 2.85. The van der Waals surface area contributed by atoms with E-state index in [2.05, 4.69) is 5.10 Å². The second kappa shape index (κ2) is 4.80. The Bertz CT molecular complexity index is 591. The van der Waals surface area contributed by atoms with Crippen molar-refractivity contribution in [3.05, 3.63) is 29.7 Å². The molecule has 1 unspecified atom stereocenters. The molecule has 19 heavy (non-hydrogen) atoms. The zero-order chi connectivity index (χ0) is 14.2. The number of hydrogen-bond donors (Lipinski definition) is 1. The summed E-state index contributed by atoms with van der Waals surface area (Å²) >= 11 is 0. The molecular formula is C12H12F4N2O. The Hall–Kier alpha value is -1.63. The number of fused-ring (bicyclic) bond motifs is 1. The lowest BCUT2D eigenvalue weighted by molar-refractivity contribution is -0.207. The van der Waals surface area contributed by atoms with E-state index in [0.717, 1.165) is 10.7 Å². The molecule has 1 aromatic carbocycles. The van der Waals surface area contributed by atoms with Crippen LogP contribution in [-0.2, 0) is 13.0 Å². The molecular weight excluding hydrogens is 264 g/mol. The summed E-state index contributed by atoms with van der Waals surface area (Å²) in [4.78, 5) is 0. The van der Waals surface area contributed by atoms with Crippen molar-refractivity contribution in [2.24, 2.45) is 0 Å². The van der Waals surface area contributed by atoms with Crippen LogP contribution in [0.5, 0.6) is 0 Å². The van der Waals surface area contributed by atoms with Gasteiger partial charge in [-0.1, -0.05) is 6.92 Å². The molecule has 0 aliphatic heterocycles. The maximum atomic E-state index is 13.1. The minimum Gasteiger partial charge on any atom is -0.382 e. The summed E-state index contributed by atoms with van der Waals surface area (Å²) in [5.74, 6) is -0.474. The first-order valence-corrected chi connectivity index (χ1v) is 5.72. The first kappa shape index (κ1) is 13.8. The lowest BCUT2D eigenvalue weighted by Crippen LogP contribution is -2.33. The molecule has 0 aliphatic carbocycles. The van der Waals surface area contributed by atoms with Gasteiger partial charge in [0.25, 0.3) is 0 Å². The van der Waals surface area contributed by atoms with Crippen LogP contribution >= 0.6 is 0 Å². The van der Waals surface area contributed by atoms with Crippen LogP contribution in [0.3, 0.4) is 0 Å². The average Bonchev–Trinajstić information content (AvgIpc) is 2.65. The van der Waals surface area contributed by atoms with Crippen LogP contribution < -0.4 is 0 Å². The average molecular weight is 276 g/mol. The Balaban J connectivity index is 2.44. The van der Waals surface area contributed by atoms with E-state index in [9.17, 15) is 17.6 Å². The Labute approximate surface area is 106 Å². The van der Waals surface area contributed by atoms with E-state index in [0.29, 0.717) is 23.0 Å². The summed E-state index contributed by atoms with van der Waals surface area (Å²) in [6.45, 7) is 1.07. The Morgan fingerprint density at radius 1 is 1.37 bits per heavy atom. The normalized spacial score (nSPS) is 14.0. The van der Waals surface area contributed by atoms with E-state index in [4.69, 9.17) is 5.11 Å². The predicted molar refractivity (Wildman–Crippen MR) is 61.1 cm³/mol. The molecule has 104 valence electrons. The highest BCUT2D eigenvalue weighted by molar-refractivity contribution is 5.82. The first-order chi connectivity index (χ1) is 8.82. The highest BCUT2D eigenvalue weighted by Gasteiger charge is 2.38. The SMILES string of the molecule is CCc1nn(CC(O)C(F)(F)F)c2ccc(F)cc12. The number of benzene rings is 1. The number of halogens is 4. The third-order valence-electron chi connectivity index (χ3n) is 2.85. The van der Waals surface area contributed by atoms with Crippen molar-refractivity contribution in [2.45, 2.75) is 32.2 Å². The lowest BCUT2D eigenvalue weighted by Gasteiger charge is -2.14. The van der Waals surface area contributed by atoms with Gasteiger partial charge in [0.05, 0.1) is 17.8 Å². The minimum absolute atomic E-state index is 0.376. The molecule has 0 fully saturated rings. The van der Waals surface area contributed by atoms with Crippen LogP contribution in [0.2, 0.25) is 0 Å². The van der Waals surface area contributed by atoms with E-state index in [1.807, 2.05) is 0 Å². The highest BCUT2D eigenvalue weighted by Crippen LogP contribution is 2.25. The molecule has 1 aromatic heterocycles. The number of aryl methyl sites for hydroxylation is 1. The number of hydrogen-bond acceptors (Lipinski definition) is 2. The van der Waals surface area contributed by atoms with Crippen molar-refractivity contribution in [2.75, 3.05) is 0 Å². The molecule has 0 radical (unpaired) electrons. The van der Waals surface area contributed by atoms with E-state index in [-0.39, 0.29) is 0 Å². The molecule has 1 N–H and O–H groups in total. The second-order valence-corrected chi connectivity index (χ2v) is 4.20. The fourth-order valence-corrected chi connectivity index (χ4v) is 1.89. The Morgan fingerprint density at radius 3 is 2.63 bits per heavy atom. The second-order valence-electron chi connectivity index (χ2n) is 4.20. The van der Waals surface area contributed by atoms with Gasteiger partial charge in [0, 0.05) is 5.39 Å². The first-order valence-electron chi connectivity index (χ1n) is 5.72. The smallest absolute Gasteiger partial charge is 0.382 e. The van der Waals surface area contributed by atoms with Gasteiger partial charge in [0.15, 0.2) is 6.10 Å². The van der Waals surface area contributed by atoms with Gasteiger partial charge in [-0.3, -0.25) is 4.68 Å². The summed E-state index contributed by atoms with van der Waals surface area (Å²) < 4.78 is 51.2. The molecule has 1 heterocycles. The van der Waals surface area contributed by atoms with E-state index < -0.39 is 24.6 Å². The van der Waals surface area contributed by atoms with Crippen molar-refractivity contribution < 1.29 is 22.7 Å². The third kappa shape index (κ3) is 2.70. The molecule has 2 rings (SSSR count).